The molecule has 3 heterocycles. The molecular weight excluding hydrogens is 341 g/mol. The second-order valence-corrected chi connectivity index (χ2v) is 7.91. The van der Waals surface area contributed by atoms with Crippen LogP contribution < -0.4 is 5.46 Å². The van der Waals surface area contributed by atoms with Crippen LogP contribution in [-0.4, -0.2) is 34.5 Å². The smallest absolute Gasteiger partial charge is 0.415 e. The molecule has 4 rings (SSSR count). The molecule has 1 aliphatic rings. The Balaban J connectivity index is 1.60. The SMILES string of the molecule is CC1(C)COB(c2cccc(-c3nnc(-c4ccccn4)o3)c2)OC1(C)C. The Kier molecular flexibility index (Phi) is 4.36. The third-order valence-electron chi connectivity index (χ3n) is 5.34. The van der Waals surface area contributed by atoms with Crippen LogP contribution in [0.3, 0.4) is 0 Å². The molecule has 0 aliphatic carbocycles. The zero-order valence-corrected chi connectivity index (χ0v) is 16.0. The van der Waals surface area contributed by atoms with Gasteiger partial charge in [0.25, 0.3) is 5.89 Å². The minimum absolute atomic E-state index is 0.0643. The van der Waals surface area contributed by atoms with E-state index in [1.165, 1.54) is 0 Å². The maximum absolute atomic E-state index is 6.24. The van der Waals surface area contributed by atoms with Gasteiger partial charge in [0.15, 0.2) is 0 Å². The van der Waals surface area contributed by atoms with Crippen molar-refractivity contribution in [2.24, 2.45) is 5.41 Å². The summed E-state index contributed by atoms with van der Waals surface area (Å²) in [5.41, 5.74) is 2.02. The van der Waals surface area contributed by atoms with Crippen molar-refractivity contribution in [3.8, 4) is 23.0 Å². The first-order valence-corrected chi connectivity index (χ1v) is 9.00. The van der Waals surface area contributed by atoms with Gasteiger partial charge in [-0.3, -0.25) is 4.98 Å². The van der Waals surface area contributed by atoms with E-state index < -0.39 is 7.12 Å². The lowest BCUT2D eigenvalue weighted by Gasteiger charge is -2.47. The molecule has 0 bridgehead atoms. The monoisotopic (exact) mass is 363 g/mol. The summed E-state index contributed by atoms with van der Waals surface area (Å²) in [6.07, 6.45) is 1.70. The van der Waals surface area contributed by atoms with Crippen molar-refractivity contribution in [2.75, 3.05) is 6.61 Å². The molecule has 1 fully saturated rings. The summed E-state index contributed by atoms with van der Waals surface area (Å²) in [6, 6.07) is 13.4. The molecule has 1 aromatic carbocycles. The third kappa shape index (κ3) is 3.40. The summed E-state index contributed by atoms with van der Waals surface area (Å²) in [4.78, 5) is 4.24. The van der Waals surface area contributed by atoms with E-state index in [9.17, 15) is 0 Å². The summed E-state index contributed by atoms with van der Waals surface area (Å²) >= 11 is 0. The number of nitrogens with zero attached hydrogens (tertiary/aromatic N) is 3. The fraction of sp³-hybridized carbons (Fsp3) is 0.350. The highest BCUT2D eigenvalue weighted by Crippen LogP contribution is 2.38. The second-order valence-electron chi connectivity index (χ2n) is 7.91. The van der Waals surface area contributed by atoms with Crippen LogP contribution in [0.15, 0.2) is 53.1 Å². The highest BCUT2D eigenvalue weighted by Gasteiger charge is 2.46. The van der Waals surface area contributed by atoms with Crippen molar-refractivity contribution in [1.29, 1.82) is 0 Å². The van der Waals surface area contributed by atoms with Crippen molar-refractivity contribution in [3.63, 3.8) is 0 Å². The fourth-order valence-corrected chi connectivity index (χ4v) is 2.83. The van der Waals surface area contributed by atoms with Crippen LogP contribution in [0.2, 0.25) is 0 Å². The maximum atomic E-state index is 6.24. The predicted molar refractivity (Wildman–Crippen MR) is 103 cm³/mol. The second kappa shape index (κ2) is 6.58. The van der Waals surface area contributed by atoms with Crippen molar-refractivity contribution >= 4 is 12.6 Å². The summed E-state index contributed by atoms with van der Waals surface area (Å²) in [6.45, 7) is 9.13. The Bertz CT molecular complexity index is 940. The average molecular weight is 363 g/mol. The lowest BCUT2D eigenvalue weighted by atomic mass is 9.69. The van der Waals surface area contributed by atoms with E-state index in [1.54, 1.807) is 6.20 Å². The van der Waals surface area contributed by atoms with Crippen LogP contribution in [0, 0.1) is 5.41 Å². The topological polar surface area (TPSA) is 70.3 Å². The van der Waals surface area contributed by atoms with Crippen molar-refractivity contribution < 1.29 is 13.7 Å². The maximum Gasteiger partial charge on any atom is 0.494 e. The molecule has 6 nitrogen and oxygen atoms in total. The first-order valence-electron chi connectivity index (χ1n) is 9.00. The van der Waals surface area contributed by atoms with Gasteiger partial charge in [-0.15, -0.1) is 10.2 Å². The predicted octanol–water partition coefficient (Wildman–Crippen LogP) is 3.35. The minimum Gasteiger partial charge on any atom is -0.415 e. The van der Waals surface area contributed by atoms with Gasteiger partial charge in [0, 0.05) is 23.8 Å². The van der Waals surface area contributed by atoms with Gasteiger partial charge >= 0.3 is 7.12 Å². The average Bonchev–Trinajstić information content (AvgIpc) is 3.15. The van der Waals surface area contributed by atoms with Crippen molar-refractivity contribution in [1.82, 2.24) is 15.2 Å². The number of rotatable bonds is 3. The highest BCUT2D eigenvalue weighted by molar-refractivity contribution is 6.61. The largest absolute Gasteiger partial charge is 0.494 e. The molecule has 0 atom stereocenters. The van der Waals surface area contributed by atoms with Gasteiger partial charge in [-0.25, -0.2) is 0 Å². The summed E-state index contributed by atoms with van der Waals surface area (Å²) in [5.74, 6) is 0.831. The van der Waals surface area contributed by atoms with E-state index in [2.05, 4.69) is 42.9 Å². The standard InChI is InChI=1S/C20H22BN3O3/c1-19(2)13-25-21(27-20(19,3)4)15-9-7-8-14(12-15)17-23-24-18(26-17)16-10-5-6-11-22-16/h5-12H,13H2,1-4H3. The van der Waals surface area contributed by atoms with E-state index in [4.69, 9.17) is 13.7 Å². The number of aromatic nitrogens is 3. The summed E-state index contributed by atoms with van der Waals surface area (Å²) in [7, 11) is -0.425. The minimum atomic E-state index is -0.425. The van der Waals surface area contributed by atoms with E-state index in [1.807, 2.05) is 42.5 Å². The van der Waals surface area contributed by atoms with Crippen LogP contribution in [0.5, 0.6) is 0 Å². The number of benzene rings is 1. The van der Waals surface area contributed by atoms with Crippen LogP contribution in [0.4, 0.5) is 0 Å². The molecule has 3 aromatic rings. The molecule has 138 valence electrons. The van der Waals surface area contributed by atoms with Gasteiger partial charge < -0.3 is 13.7 Å². The Morgan fingerprint density at radius 2 is 1.78 bits per heavy atom. The van der Waals surface area contributed by atoms with Crippen LogP contribution >= 0.6 is 0 Å². The molecule has 7 heteroatoms. The zero-order chi connectivity index (χ0) is 19.1. The molecule has 0 amide bonds. The van der Waals surface area contributed by atoms with Crippen molar-refractivity contribution in [3.05, 3.63) is 48.7 Å². The highest BCUT2D eigenvalue weighted by atomic mass is 16.6. The number of hydrogen-bond donors (Lipinski definition) is 0. The number of hydrogen-bond acceptors (Lipinski definition) is 6. The lowest BCUT2D eigenvalue weighted by molar-refractivity contribution is -0.0937. The van der Waals surface area contributed by atoms with Gasteiger partial charge in [-0.2, -0.15) is 0 Å². The lowest BCUT2D eigenvalue weighted by Crippen LogP contribution is -2.58. The molecule has 1 saturated heterocycles. The Morgan fingerprint density at radius 3 is 2.52 bits per heavy atom. The molecule has 0 radical (unpaired) electrons. The van der Waals surface area contributed by atoms with E-state index in [0.29, 0.717) is 24.1 Å². The first kappa shape index (κ1) is 17.9. The molecule has 0 spiro atoms. The first-order chi connectivity index (χ1) is 12.9. The van der Waals surface area contributed by atoms with Gasteiger partial charge in [0.05, 0.1) is 5.60 Å². The van der Waals surface area contributed by atoms with E-state index >= 15 is 0 Å². The molecule has 0 saturated carbocycles. The molecular formula is C20H22BN3O3. The normalized spacial score (nSPS) is 18.4. The summed E-state index contributed by atoms with van der Waals surface area (Å²) in [5, 5.41) is 8.27. The fourth-order valence-electron chi connectivity index (χ4n) is 2.83. The van der Waals surface area contributed by atoms with Gasteiger partial charge in [0.2, 0.25) is 5.89 Å². The Morgan fingerprint density at radius 1 is 0.963 bits per heavy atom. The van der Waals surface area contributed by atoms with E-state index in [-0.39, 0.29) is 11.0 Å². The quantitative estimate of drug-likeness (QED) is 0.665. The van der Waals surface area contributed by atoms with Crippen LogP contribution in [0.25, 0.3) is 23.0 Å². The van der Waals surface area contributed by atoms with Gasteiger partial charge in [-0.1, -0.05) is 32.0 Å². The molecule has 0 unspecified atom stereocenters. The van der Waals surface area contributed by atoms with Crippen LogP contribution in [0.1, 0.15) is 27.7 Å². The number of pyridine rings is 1. The Labute approximate surface area is 159 Å². The molecule has 1 aliphatic heterocycles. The molecule has 27 heavy (non-hydrogen) atoms. The molecule has 2 aromatic heterocycles. The Hall–Kier alpha value is -2.51. The van der Waals surface area contributed by atoms with Crippen LogP contribution in [-0.2, 0) is 9.31 Å². The zero-order valence-electron chi connectivity index (χ0n) is 16.0. The van der Waals surface area contributed by atoms with Gasteiger partial charge in [0.1, 0.15) is 5.69 Å². The van der Waals surface area contributed by atoms with E-state index in [0.717, 1.165) is 11.0 Å². The van der Waals surface area contributed by atoms with Crippen molar-refractivity contribution in [2.45, 2.75) is 33.3 Å². The third-order valence-corrected chi connectivity index (χ3v) is 5.34. The molecule has 0 N–H and O–H groups in total. The van der Waals surface area contributed by atoms with Gasteiger partial charge in [-0.05, 0) is 43.6 Å². The summed E-state index contributed by atoms with van der Waals surface area (Å²) < 4.78 is 18.0.